The van der Waals surface area contributed by atoms with E-state index in [1.165, 1.54) is 0 Å². The highest BCUT2D eigenvalue weighted by Gasteiger charge is 2.21. The van der Waals surface area contributed by atoms with Crippen molar-refractivity contribution in [2.45, 2.75) is 0 Å². The standard InChI is InChI=1S/C59H35N7O/c1-3-15-36(16-4-1)51-32-53(64-57(62-51)43-27-38-19-7-13-25-49(38)60-34-43)40-29-41(31-42(30-40)59-66-55-47-23-11-9-21-45(47)46-22-10-12-24-48(46)56(55)67-59)54-33-52(37-17-5-2-6-18-37)63-58(65-54)44-28-39-20-8-14-26-50(39)61-35-44/h1-35H. The lowest BCUT2D eigenvalue weighted by Gasteiger charge is -2.13. The van der Waals surface area contributed by atoms with Crippen LogP contribution in [0.3, 0.4) is 0 Å². The number of fused-ring (bicyclic) bond motifs is 8. The summed E-state index contributed by atoms with van der Waals surface area (Å²) >= 11 is 0. The molecule has 0 saturated heterocycles. The van der Waals surface area contributed by atoms with Crippen molar-refractivity contribution in [3.05, 3.63) is 213 Å². The smallest absolute Gasteiger partial charge is 0.227 e. The Hall–Kier alpha value is -9.27. The molecule has 0 bridgehead atoms. The number of hydrogen-bond donors (Lipinski definition) is 0. The Morgan fingerprint density at radius 3 is 1.25 bits per heavy atom. The Balaban J connectivity index is 1.07. The third kappa shape index (κ3) is 6.92. The van der Waals surface area contributed by atoms with Crippen LogP contribution < -0.4 is 0 Å². The highest BCUT2D eigenvalue weighted by molar-refractivity contribution is 6.22. The number of nitrogens with zero attached hydrogens (tertiary/aromatic N) is 7. The maximum atomic E-state index is 6.92. The van der Waals surface area contributed by atoms with Gasteiger partial charge in [-0.2, -0.15) is 0 Å². The van der Waals surface area contributed by atoms with Gasteiger partial charge in [0.2, 0.25) is 5.89 Å². The lowest BCUT2D eigenvalue weighted by molar-refractivity contribution is 0.623. The molecule has 0 radical (unpaired) electrons. The summed E-state index contributed by atoms with van der Waals surface area (Å²) in [6.45, 7) is 0. The van der Waals surface area contributed by atoms with Crippen molar-refractivity contribution in [3.63, 3.8) is 0 Å². The van der Waals surface area contributed by atoms with Crippen LogP contribution in [0, 0.1) is 0 Å². The van der Waals surface area contributed by atoms with Crippen LogP contribution in [0.1, 0.15) is 0 Å². The molecule has 13 aromatic rings. The van der Waals surface area contributed by atoms with Gasteiger partial charge in [0.1, 0.15) is 5.52 Å². The number of para-hydroxylation sites is 2. The van der Waals surface area contributed by atoms with Crippen LogP contribution in [-0.2, 0) is 0 Å². The average Bonchev–Trinajstić information content (AvgIpc) is 3.87. The molecule has 5 aromatic heterocycles. The van der Waals surface area contributed by atoms with Gasteiger partial charge in [0.25, 0.3) is 0 Å². The Morgan fingerprint density at radius 1 is 0.299 bits per heavy atom. The molecule has 0 saturated carbocycles. The molecule has 0 spiro atoms. The second-order valence-corrected chi connectivity index (χ2v) is 16.6. The predicted octanol–water partition coefficient (Wildman–Crippen LogP) is 14.5. The monoisotopic (exact) mass is 857 g/mol. The summed E-state index contributed by atoms with van der Waals surface area (Å²) in [6.07, 6.45) is 3.69. The third-order valence-electron chi connectivity index (χ3n) is 12.3. The minimum atomic E-state index is 0.479. The molecule has 8 aromatic carbocycles. The summed E-state index contributed by atoms with van der Waals surface area (Å²) in [5.41, 5.74) is 12.3. The number of pyridine rings is 2. The number of hydrogen-bond acceptors (Lipinski definition) is 8. The Bertz CT molecular complexity index is 3800. The molecule has 8 nitrogen and oxygen atoms in total. The first-order valence-electron chi connectivity index (χ1n) is 22.1. The van der Waals surface area contributed by atoms with Crippen molar-refractivity contribution in [3.8, 4) is 79.3 Å². The van der Waals surface area contributed by atoms with Gasteiger partial charge in [-0.25, -0.2) is 24.9 Å². The normalized spacial score (nSPS) is 11.6. The van der Waals surface area contributed by atoms with Gasteiger partial charge in [-0.3, -0.25) is 9.97 Å². The molecule has 8 heteroatoms. The molecule has 0 atom stereocenters. The predicted molar refractivity (Wildman–Crippen MR) is 269 cm³/mol. The second kappa shape index (κ2) is 15.8. The highest BCUT2D eigenvalue weighted by Crippen LogP contribution is 2.40. The van der Waals surface area contributed by atoms with Gasteiger partial charge in [-0.05, 0) is 65.4 Å². The summed E-state index contributed by atoms with van der Waals surface area (Å²) in [6, 6.07) is 67.9. The quantitative estimate of drug-likeness (QED) is 0.146. The number of aromatic nitrogens is 7. The van der Waals surface area contributed by atoms with Gasteiger partial charge in [0.15, 0.2) is 17.2 Å². The van der Waals surface area contributed by atoms with E-state index in [2.05, 4.69) is 103 Å². The van der Waals surface area contributed by atoms with Crippen LogP contribution in [0.5, 0.6) is 0 Å². The van der Waals surface area contributed by atoms with E-state index in [0.29, 0.717) is 28.9 Å². The summed E-state index contributed by atoms with van der Waals surface area (Å²) in [5, 5.41) is 6.27. The molecule has 0 aliphatic carbocycles. The fraction of sp³-hybridized carbons (Fsp3) is 0. The van der Waals surface area contributed by atoms with Crippen LogP contribution in [0.2, 0.25) is 0 Å². The van der Waals surface area contributed by atoms with Gasteiger partial charge in [-0.1, -0.05) is 146 Å². The van der Waals surface area contributed by atoms with Crippen molar-refractivity contribution >= 4 is 54.5 Å². The zero-order chi connectivity index (χ0) is 44.3. The molecule has 312 valence electrons. The number of rotatable bonds is 7. The van der Waals surface area contributed by atoms with Gasteiger partial charge in [0, 0.05) is 72.9 Å². The summed E-state index contributed by atoms with van der Waals surface area (Å²) in [5.74, 6) is 1.59. The van der Waals surface area contributed by atoms with E-state index in [1.54, 1.807) is 0 Å². The van der Waals surface area contributed by atoms with Crippen molar-refractivity contribution in [1.29, 1.82) is 0 Å². The first-order chi connectivity index (χ1) is 33.1. The maximum absolute atomic E-state index is 6.92. The van der Waals surface area contributed by atoms with E-state index >= 15 is 0 Å². The zero-order valence-corrected chi connectivity index (χ0v) is 35.7. The molecule has 67 heavy (non-hydrogen) atoms. The molecule has 0 N–H and O–H groups in total. The fourth-order valence-electron chi connectivity index (χ4n) is 9.04. The highest BCUT2D eigenvalue weighted by atomic mass is 16.3. The van der Waals surface area contributed by atoms with Crippen molar-refractivity contribution in [2.24, 2.45) is 0 Å². The van der Waals surface area contributed by atoms with Gasteiger partial charge in [-0.15, -0.1) is 0 Å². The molecule has 0 aliphatic heterocycles. The van der Waals surface area contributed by atoms with Crippen molar-refractivity contribution < 1.29 is 4.42 Å². The van der Waals surface area contributed by atoms with Crippen LogP contribution in [0.15, 0.2) is 217 Å². The van der Waals surface area contributed by atoms with Crippen molar-refractivity contribution in [2.75, 3.05) is 0 Å². The second-order valence-electron chi connectivity index (χ2n) is 16.6. The first-order valence-corrected chi connectivity index (χ1v) is 22.1. The molecule has 13 rings (SSSR count). The van der Waals surface area contributed by atoms with Crippen LogP contribution >= 0.6 is 0 Å². The zero-order valence-electron chi connectivity index (χ0n) is 35.7. The van der Waals surface area contributed by atoms with Gasteiger partial charge >= 0.3 is 0 Å². The van der Waals surface area contributed by atoms with E-state index in [9.17, 15) is 0 Å². The number of oxazole rings is 1. The fourth-order valence-corrected chi connectivity index (χ4v) is 9.04. The van der Waals surface area contributed by atoms with Crippen LogP contribution in [0.4, 0.5) is 0 Å². The number of benzene rings is 8. The minimum absolute atomic E-state index is 0.479. The van der Waals surface area contributed by atoms with E-state index in [-0.39, 0.29) is 0 Å². The molecule has 0 unspecified atom stereocenters. The average molecular weight is 858 g/mol. The molecular weight excluding hydrogens is 823 g/mol. The molecule has 0 fully saturated rings. The van der Waals surface area contributed by atoms with Gasteiger partial charge < -0.3 is 4.42 Å². The van der Waals surface area contributed by atoms with Crippen molar-refractivity contribution in [1.82, 2.24) is 34.9 Å². The maximum Gasteiger partial charge on any atom is 0.227 e. The van der Waals surface area contributed by atoms with E-state index < -0.39 is 0 Å². The molecule has 0 aliphatic rings. The molecular formula is C59H35N7O. The minimum Gasteiger partial charge on any atom is -0.435 e. The largest absolute Gasteiger partial charge is 0.435 e. The van der Waals surface area contributed by atoms with Crippen LogP contribution in [-0.4, -0.2) is 34.9 Å². The molecule has 5 heterocycles. The van der Waals surface area contributed by atoms with E-state index in [0.717, 1.165) is 105 Å². The molecule has 0 amide bonds. The Kier molecular flexibility index (Phi) is 8.99. The Morgan fingerprint density at radius 2 is 0.716 bits per heavy atom. The lowest BCUT2D eigenvalue weighted by atomic mass is 9.98. The first kappa shape index (κ1) is 38.2. The van der Waals surface area contributed by atoms with Gasteiger partial charge in [0.05, 0.1) is 33.8 Å². The third-order valence-corrected chi connectivity index (χ3v) is 12.3. The summed E-state index contributed by atoms with van der Waals surface area (Å²) in [4.78, 5) is 35.8. The Labute approximate surface area is 384 Å². The topological polar surface area (TPSA) is 103 Å². The summed E-state index contributed by atoms with van der Waals surface area (Å²) in [7, 11) is 0. The summed E-state index contributed by atoms with van der Waals surface area (Å²) < 4.78 is 6.92. The van der Waals surface area contributed by atoms with Crippen LogP contribution in [0.25, 0.3) is 134 Å². The lowest BCUT2D eigenvalue weighted by Crippen LogP contribution is -1.99. The SMILES string of the molecule is c1ccc(-c2cc(-c3cc(-c4cc(-c5ccccc5)nc(-c5cnc6ccccc6c5)n4)cc(-c4nc5c6ccccc6c6ccccc6c5o4)c3)nc(-c3cnc4ccccc4c3)n2)cc1. The van der Waals surface area contributed by atoms with E-state index in [4.69, 9.17) is 39.3 Å². The van der Waals surface area contributed by atoms with E-state index in [1.807, 2.05) is 109 Å².